The molecule has 0 radical (unpaired) electrons. The van der Waals surface area contributed by atoms with Gasteiger partial charge in [-0.2, -0.15) is 0 Å². The van der Waals surface area contributed by atoms with Gasteiger partial charge >= 0.3 is 0 Å². The van der Waals surface area contributed by atoms with Gasteiger partial charge in [0.05, 0.1) is 12.2 Å². The van der Waals surface area contributed by atoms with E-state index in [1.807, 2.05) is 0 Å². The van der Waals surface area contributed by atoms with Crippen LogP contribution in [0.15, 0.2) is 0 Å². The lowest BCUT2D eigenvalue weighted by atomic mass is 9.79. The summed E-state index contributed by atoms with van der Waals surface area (Å²) < 4.78 is 0. The molecule has 2 nitrogen and oxygen atoms in total. The van der Waals surface area contributed by atoms with E-state index in [0.29, 0.717) is 23.7 Å². The van der Waals surface area contributed by atoms with Crippen molar-refractivity contribution in [3.8, 4) is 0 Å². The van der Waals surface area contributed by atoms with Crippen molar-refractivity contribution in [1.29, 1.82) is 0 Å². The summed E-state index contributed by atoms with van der Waals surface area (Å²) >= 11 is 0. The Balaban J connectivity index is 1.99. The van der Waals surface area contributed by atoms with Crippen molar-refractivity contribution in [3.05, 3.63) is 0 Å². The van der Waals surface area contributed by atoms with Gasteiger partial charge in [-0.1, -0.05) is 0 Å². The van der Waals surface area contributed by atoms with Crippen LogP contribution in [0.4, 0.5) is 0 Å². The molecule has 11 heavy (non-hydrogen) atoms. The predicted octanol–water partition coefficient (Wildman–Crippen LogP) is 0.384. The highest BCUT2D eigenvalue weighted by atomic mass is 16.3. The quantitative estimate of drug-likeness (QED) is 0.529. The SMILES string of the molecule is OC1C2CC3CC1C(C2)C3O. The van der Waals surface area contributed by atoms with Crippen LogP contribution in [0.1, 0.15) is 19.3 Å². The van der Waals surface area contributed by atoms with E-state index >= 15 is 0 Å². The molecule has 6 unspecified atom stereocenters. The standard InChI is InChI=1S/C9H14O2/c10-8-4-1-5-3-7(8)6(2-4)9(5)11/h4-11H,1-3H2. The van der Waals surface area contributed by atoms with E-state index in [4.69, 9.17) is 0 Å². The summed E-state index contributed by atoms with van der Waals surface area (Å²) in [5, 5.41) is 19.4. The average molecular weight is 154 g/mol. The number of aliphatic hydroxyl groups is 2. The highest BCUT2D eigenvalue weighted by Gasteiger charge is 2.57. The summed E-state index contributed by atoms with van der Waals surface area (Å²) in [6.07, 6.45) is 3.10. The van der Waals surface area contributed by atoms with Crippen molar-refractivity contribution >= 4 is 0 Å². The van der Waals surface area contributed by atoms with Gasteiger partial charge in [-0.25, -0.2) is 0 Å². The smallest absolute Gasteiger partial charge is 0.0600 e. The molecule has 0 amide bonds. The highest BCUT2D eigenvalue weighted by molar-refractivity contribution is 5.07. The third kappa shape index (κ3) is 0.611. The molecule has 0 aliphatic heterocycles. The predicted molar refractivity (Wildman–Crippen MR) is 39.8 cm³/mol. The molecule has 0 aromatic rings. The lowest BCUT2D eigenvalue weighted by Gasteiger charge is -2.30. The molecule has 4 rings (SSSR count). The molecule has 4 aliphatic carbocycles. The topological polar surface area (TPSA) is 40.5 Å². The van der Waals surface area contributed by atoms with Gasteiger partial charge in [0.2, 0.25) is 0 Å². The summed E-state index contributed by atoms with van der Waals surface area (Å²) in [5.41, 5.74) is 0. The maximum Gasteiger partial charge on any atom is 0.0600 e. The Morgan fingerprint density at radius 3 is 1.64 bits per heavy atom. The first-order chi connectivity index (χ1) is 5.27. The minimum Gasteiger partial charge on any atom is -0.393 e. The lowest BCUT2D eigenvalue weighted by molar-refractivity contribution is 0.0252. The van der Waals surface area contributed by atoms with E-state index in [9.17, 15) is 10.2 Å². The molecule has 4 aliphatic rings. The van der Waals surface area contributed by atoms with Crippen molar-refractivity contribution < 1.29 is 10.2 Å². The monoisotopic (exact) mass is 154 g/mol. The molecule has 2 heteroatoms. The fraction of sp³-hybridized carbons (Fsp3) is 1.00. The molecule has 6 atom stereocenters. The van der Waals surface area contributed by atoms with Crippen LogP contribution in [0.25, 0.3) is 0 Å². The fourth-order valence-electron chi connectivity index (χ4n) is 3.67. The lowest BCUT2D eigenvalue weighted by Crippen LogP contribution is -2.31. The highest BCUT2D eigenvalue weighted by Crippen LogP contribution is 2.57. The normalized spacial score (nSPS) is 66.0. The molecule has 0 spiro atoms. The third-order valence-electron chi connectivity index (χ3n) is 4.15. The molecule has 4 fully saturated rings. The Morgan fingerprint density at radius 1 is 0.727 bits per heavy atom. The number of hydrogen-bond donors (Lipinski definition) is 2. The summed E-state index contributed by atoms with van der Waals surface area (Å²) in [5.74, 6) is 1.97. The Hall–Kier alpha value is -0.0800. The van der Waals surface area contributed by atoms with E-state index in [-0.39, 0.29) is 12.2 Å². The first-order valence-electron chi connectivity index (χ1n) is 4.63. The molecule has 0 heterocycles. The maximum atomic E-state index is 9.71. The van der Waals surface area contributed by atoms with Crippen molar-refractivity contribution in [1.82, 2.24) is 0 Å². The first-order valence-corrected chi connectivity index (χ1v) is 4.63. The molecular weight excluding hydrogens is 140 g/mol. The van der Waals surface area contributed by atoms with Crippen LogP contribution in [0.5, 0.6) is 0 Å². The van der Waals surface area contributed by atoms with Crippen molar-refractivity contribution in [2.75, 3.05) is 0 Å². The summed E-state index contributed by atoms with van der Waals surface area (Å²) in [4.78, 5) is 0. The largest absolute Gasteiger partial charge is 0.393 e. The van der Waals surface area contributed by atoms with Crippen LogP contribution in [-0.4, -0.2) is 22.4 Å². The van der Waals surface area contributed by atoms with Gasteiger partial charge in [0.1, 0.15) is 0 Å². The zero-order valence-corrected chi connectivity index (χ0v) is 6.48. The summed E-state index contributed by atoms with van der Waals surface area (Å²) in [6, 6.07) is 0. The van der Waals surface area contributed by atoms with E-state index in [1.165, 1.54) is 0 Å². The van der Waals surface area contributed by atoms with E-state index in [2.05, 4.69) is 0 Å². The molecule has 0 aromatic carbocycles. The Morgan fingerprint density at radius 2 is 1.18 bits per heavy atom. The van der Waals surface area contributed by atoms with Crippen LogP contribution < -0.4 is 0 Å². The van der Waals surface area contributed by atoms with E-state index in [0.717, 1.165) is 19.3 Å². The van der Waals surface area contributed by atoms with Gasteiger partial charge in [-0.3, -0.25) is 0 Å². The van der Waals surface area contributed by atoms with Crippen molar-refractivity contribution in [2.24, 2.45) is 23.7 Å². The minimum atomic E-state index is -0.0756. The number of rotatable bonds is 0. The second-order valence-corrected chi connectivity index (χ2v) is 4.54. The molecule has 4 bridgehead atoms. The van der Waals surface area contributed by atoms with Gasteiger partial charge in [-0.05, 0) is 42.9 Å². The van der Waals surface area contributed by atoms with Gasteiger partial charge < -0.3 is 10.2 Å². The van der Waals surface area contributed by atoms with Crippen LogP contribution >= 0.6 is 0 Å². The van der Waals surface area contributed by atoms with Gasteiger partial charge in [0, 0.05) is 0 Å². The average Bonchev–Trinajstić information content (AvgIpc) is 2.37. The zero-order chi connectivity index (χ0) is 7.59. The second-order valence-electron chi connectivity index (χ2n) is 4.54. The van der Waals surface area contributed by atoms with Gasteiger partial charge in [-0.15, -0.1) is 0 Å². The third-order valence-corrected chi connectivity index (χ3v) is 4.15. The Labute approximate surface area is 66.2 Å². The minimum absolute atomic E-state index is 0.0756. The maximum absolute atomic E-state index is 9.71. The molecule has 62 valence electrons. The first kappa shape index (κ1) is 6.44. The Kier molecular flexibility index (Phi) is 1.06. The van der Waals surface area contributed by atoms with Crippen LogP contribution in [0.2, 0.25) is 0 Å². The van der Waals surface area contributed by atoms with Gasteiger partial charge in [0.15, 0.2) is 0 Å². The van der Waals surface area contributed by atoms with Crippen LogP contribution in [0.3, 0.4) is 0 Å². The van der Waals surface area contributed by atoms with Gasteiger partial charge in [0.25, 0.3) is 0 Å². The molecule has 4 saturated carbocycles. The zero-order valence-electron chi connectivity index (χ0n) is 6.48. The molecular formula is C9H14O2. The molecule has 2 N–H and O–H groups in total. The number of aliphatic hydroxyl groups excluding tert-OH is 2. The Bertz CT molecular complexity index is 168. The molecule has 0 aromatic heterocycles. The van der Waals surface area contributed by atoms with Crippen LogP contribution in [-0.2, 0) is 0 Å². The molecule has 0 saturated heterocycles. The number of hydrogen-bond acceptors (Lipinski definition) is 2. The fourth-order valence-corrected chi connectivity index (χ4v) is 3.67. The van der Waals surface area contributed by atoms with Crippen molar-refractivity contribution in [2.45, 2.75) is 31.5 Å². The summed E-state index contributed by atoms with van der Waals surface area (Å²) in [6.45, 7) is 0. The van der Waals surface area contributed by atoms with E-state index in [1.54, 1.807) is 0 Å². The second kappa shape index (κ2) is 1.80. The van der Waals surface area contributed by atoms with Crippen molar-refractivity contribution in [3.63, 3.8) is 0 Å². The van der Waals surface area contributed by atoms with Crippen LogP contribution in [0, 0.1) is 23.7 Å². The summed E-state index contributed by atoms with van der Waals surface area (Å²) in [7, 11) is 0. The van der Waals surface area contributed by atoms with E-state index < -0.39 is 0 Å².